The van der Waals surface area contributed by atoms with Crippen molar-refractivity contribution in [2.24, 2.45) is 5.73 Å². The van der Waals surface area contributed by atoms with E-state index in [4.69, 9.17) is 10.8 Å². The molecule has 0 bridgehead atoms. The van der Waals surface area contributed by atoms with Gasteiger partial charge in [0.2, 0.25) is 0 Å². The molecule has 1 aromatic rings. The maximum Gasteiger partial charge on any atom is 0.108 e. The lowest BCUT2D eigenvalue weighted by molar-refractivity contribution is 0.182. The Morgan fingerprint density at radius 3 is 2.90 bits per heavy atom. The number of hydrogen-bond acceptors (Lipinski definition) is 3. The monoisotopic (exact) mass is 138 g/mol. The van der Waals surface area contributed by atoms with E-state index in [0.717, 1.165) is 0 Å². The number of aromatic nitrogens is 1. The number of rotatable bonds is 2. The number of nitrogens with two attached hydrogens (primary N) is 1. The molecule has 1 unspecified atom stereocenters. The van der Waals surface area contributed by atoms with Gasteiger partial charge in [0.15, 0.2) is 0 Å². The van der Waals surface area contributed by atoms with Gasteiger partial charge in [-0.1, -0.05) is 6.07 Å². The second kappa shape index (κ2) is 3.29. The van der Waals surface area contributed by atoms with E-state index in [1.165, 1.54) is 0 Å². The average molecular weight is 138 g/mol. The van der Waals surface area contributed by atoms with Crippen LogP contribution in [-0.2, 0) is 0 Å². The summed E-state index contributed by atoms with van der Waals surface area (Å²) in [6.45, 7) is 0.219. The van der Waals surface area contributed by atoms with Crippen molar-refractivity contribution < 1.29 is 5.11 Å². The van der Waals surface area contributed by atoms with Crippen molar-refractivity contribution in [3.8, 4) is 0 Å². The summed E-state index contributed by atoms with van der Waals surface area (Å²) in [6, 6.07) is 5.37. The molecule has 3 nitrogen and oxygen atoms in total. The molecule has 54 valence electrons. The highest BCUT2D eigenvalue weighted by Gasteiger charge is 2.03. The third-order valence-corrected chi connectivity index (χ3v) is 1.25. The lowest BCUT2D eigenvalue weighted by Crippen LogP contribution is -2.12. The van der Waals surface area contributed by atoms with E-state index in [1.54, 1.807) is 18.3 Å². The van der Waals surface area contributed by atoms with E-state index < -0.39 is 6.10 Å². The SMILES string of the molecule is NCC(O)c1ccccn1. The first-order valence-electron chi connectivity index (χ1n) is 3.13. The predicted molar refractivity (Wildman–Crippen MR) is 38.3 cm³/mol. The van der Waals surface area contributed by atoms with Gasteiger partial charge in [-0.25, -0.2) is 0 Å². The fraction of sp³-hybridized carbons (Fsp3) is 0.286. The maximum atomic E-state index is 9.14. The predicted octanol–water partition coefficient (Wildman–Crippen LogP) is 0.0737. The summed E-state index contributed by atoms with van der Waals surface area (Å²) < 4.78 is 0. The topological polar surface area (TPSA) is 59.1 Å². The molecular weight excluding hydrogens is 128 g/mol. The van der Waals surface area contributed by atoms with Crippen molar-refractivity contribution in [2.75, 3.05) is 6.54 Å². The van der Waals surface area contributed by atoms with Gasteiger partial charge in [0, 0.05) is 12.7 Å². The molecule has 3 N–H and O–H groups in total. The molecule has 0 fully saturated rings. The lowest BCUT2D eigenvalue weighted by atomic mass is 10.2. The van der Waals surface area contributed by atoms with Crippen molar-refractivity contribution in [3.63, 3.8) is 0 Å². The molecule has 1 heterocycles. The Labute approximate surface area is 59.5 Å². The Kier molecular flexibility index (Phi) is 2.36. The minimum Gasteiger partial charge on any atom is -0.385 e. The fourth-order valence-corrected chi connectivity index (χ4v) is 0.694. The first-order valence-corrected chi connectivity index (χ1v) is 3.13. The molecule has 0 saturated carbocycles. The number of aliphatic hydroxyl groups excluding tert-OH is 1. The summed E-state index contributed by atoms with van der Waals surface area (Å²) in [4.78, 5) is 3.92. The van der Waals surface area contributed by atoms with E-state index in [1.807, 2.05) is 6.07 Å². The van der Waals surface area contributed by atoms with E-state index in [9.17, 15) is 0 Å². The van der Waals surface area contributed by atoms with Crippen LogP contribution in [0.4, 0.5) is 0 Å². The minimum absolute atomic E-state index is 0.219. The van der Waals surface area contributed by atoms with Crippen LogP contribution in [0.5, 0.6) is 0 Å². The van der Waals surface area contributed by atoms with Crippen LogP contribution in [-0.4, -0.2) is 16.6 Å². The normalized spacial score (nSPS) is 13.0. The van der Waals surface area contributed by atoms with Gasteiger partial charge in [-0.2, -0.15) is 0 Å². The number of aliphatic hydroxyl groups is 1. The molecular formula is C7H10N2O. The third kappa shape index (κ3) is 1.52. The van der Waals surface area contributed by atoms with Gasteiger partial charge < -0.3 is 10.8 Å². The van der Waals surface area contributed by atoms with Crippen LogP contribution in [0, 0.1) is 0 Å². The number of hydrogen-bond donors (Lipinski definition) is 2. The second-order valence-corrected chi connectivity index (χ2v) is 2.01. The molecule has 0 aromatic carbocycles. The van der Waals surface area contributed by atoms with Gasteiger partial charge in [-0.15, -0.1) is 0 Å². The van der Waals surface area contributed by atoms with Crippen molar-refractivity contribution in [1.29, 1.82) is 0 Å². The standard InChI is InChI=1S/C7H10N2O/c8-5-7(10)6-3-1-2-4-9-6/h1-4,7,10H,5,8H2. The molecule has 0 aliphatic carbocycles. The van der Waals surface area contributed by atoms with Crippen LogP contribution in [0.25, 0.3) is 0 Å². The van der Waals surface area contributed by atoms with Crippen molar-refractivity contribution in [2.45, 2.75) is 6.10 Å². The van der Waals surface area contributed by atoms with E-state index in [2.05, 4.69) is 4.98 Å². The molecule has 1 rings (SSSR count). The highest BCUT2D eigenvalue weighted by Crippen LogP contribution is 2.05. The largest absolute Gasteiger partial charge is 0.385 e. The maximum absolute atomic E-state index is 9.14. The molecule has 0 radical (unpaired) electrons. The number of nitrogens with zero attached hydrogens (tertiary/aromatic N) is 1. The first kappa shape index (κ1) is 7.18. The van der Waals surface area contributed by atoms with Crippen LogP contribution < -0.4 is 5.73 Å². The summed E-state index contributed by atoms with van der Waals surface area (Å²) >= 11 is 0. The van der Waals surface area contributed by atoms with Gasteiger partial charge in [-0.05, 0) is 12.1 Å². The first-order chi connectivity index (χ1) is 4.84. The van der Waals surface area contributed by atoms with Crippen LogP contribution in [0.3, 0.4) is 0 Å². The van der Waals surface area contributed by atoms with Crippen LogP contribution in [0.15, 0.2) is 24.4 Å². The fourth-order valence-electron chi connectivity index (χ4n) is 0.694. The summed E-state index contributed by atoms with van der Waals surface area (Å²) in [5, 5.41) is 9.14. The lowest BCUT2D eigenvalue weighted by Gasteiger charge is -2.04. The van der Waals surface area contributed by atoms with Crippen LogP contribution >= 0.6 is 0 Å². The Morgan fingerprint density at radius 2 is 2.40 bits per heavy atom. The summed E-state index contributed by atoms with van der Waals surface area (Å²) in [6.07, 6.45) is 1.01. The molecule has 0 spiro atoms. The Morgan fingerprint density at radius 1 is 1.60 bits per heavy atom. The molecule has 1 aromatic heterocycles. The average Bonchev–Trinajstić information content (AvgIpc) is 2.05. The third-order valence-electron chi connectivity index (χ3n) is 1.25. The summed E-state index contributed by atoms with van der Waals surface area (Å²) in [7, 11) is 0. The van der Waals surface area contributed by atoms with Crippen LogP contribution in [0.2, 0.25) is 0 Å². The Bertz CT molecular complexity index is 188. The van der Waals surface area contributed by atoms with E-state index >= 15 is 0 Å². The Balaban J connectivity index is 2.75. The van der Waals surface area contributed by atoms with Gasteiger partial charge in [-0.3, -0.25) is 4.98 Å². The molecule has 0 amide bonds. The highest BCUT2D eigenvalue weighted by atomic mass is 16.3. The molecule has 3 heteroatoms. The quantitative estimate of drug-likeness (QED) is 0.608. The van der Waals surface area contributed by atoms with Gasteiger partial charge in [0.05, 0.1) is 5.69 Å². The van der Waals surface area contributed by atoms with E-state index in [-0.39, 0.29) is 6.54 Å². The molecule has 0 saturated heterocycles. The molecule has 0 aliphatic rings. The van der Waals surface area contributed by atoms with Gasteiger partial charge >= 0.3 is 0 Å². The summed E-state index contributed by atoms with van der Waals surface area (Å²) in [5.74, 6) is 0. The van der Waals surface area contributed by atoms with Crippen molar-refractivity contribution in [3.05, 3.63) is 30.1 Å². The minimum atomic E-state index is -0.624. The Hall–Kier alpha value is -0.930. The molecule has 0 aliphatic heterocycles. The van der Waals surface area contributed by atoms with Crippen LogP contribution in [0.1, 0.15) is 11.8 Å². The van der Waals surface area contributed by atoms with Gasteiger partial charge in [0.25, 0.3) is 0 Å². The zero-order valence-electron chi connectivity index (χ0n) is 5.57. The van der Waals surface area contributed by atoms with Crippen molar-refractivity contribution >= 4 is 0 Å². The van der Waals surface area contributed by atoms with Crippen molar-refractivity contribution in [1.82, 2.24) is 4.98 Å². The molecule has 10 heavy (non-hydrogen) atoms. The smallest absolute Gasteiger partial charge is 0.108 e. The zero-order valence-corrected chi connectivity index (χ0v) is 5.57. The number of pyridine rings is 1. The second-order valence-electron chi connectivity index (χ2n) is 2.01. The van der Waals surface area contributed by atoms with E-state index in [0.29, 0.717) is 5.69 Å². The zero-order chi connectivity index (χ0) is 7.40. The van der Waals surface area contributed by atoms with Gasteiger partial charge in [0.1, 0.15) is 6.10 Å². The summed E-state index contributed by atoms with van der Waals surface area (Å²) in [5.41, 5.74) is 5.84. The highest BCUT2D eigenvalue weighted by molar-refractivity contribution is 5.06. The molecule has 1 atom stereocenters.